The Morgan fingerprint density at radius 3 is 2.29 bits per heavy atom. The smallest absolute Gasteiger partial charge is 0.416 e. The van der Waals surface area contributed by atoms with E-state index in [1.807, 2.05) is 0 Å². The molecule has 1 unspecified atom stereocenters. The lowest BCUT2D eigenvalue weighted by atomic mass is 10.0. The summed E-state index contributed by atoms with van der Waals surface area (Å²) in [6, 6.07) is 4.17. The lowest BCUT2D eigenvalue weighted by Crippen LogP contribution is -2.41. The predicted octanol–water partition coefficient (Wildman–Crippen LogP) is 3.70. The van der Waals surface area contributed by atoms with Crippen molar-refractivity contribution in [3.05, 3.63) is 41.5 Å². The first-order valence-electron chi connectivity index (χ1n) is 7.50. The van der Waals surface area contributed by atoms with Gasteiger partial charge in [0.25, 0.3) is 0 Å². The number of ether oxygens (including phenoxy) is 1. The van der Waals surface area contributed by atoms with E-state index in [0.717, 1.165) is 12.1 Å². The molecule has 1 heterocycles. The van der Waals surface area contributed by atoms with Crippen molar-refractivity contribution in [2.24, 2.45) is 0 Å². The van der Waals surface area contributed by atoms with E-state index in [2.05, 4.69) is 0 Å². The van der Waals surface area contributed by atoms with Gasteiger partial charge in [-0.3, -0.25) is 4.90 Å². The van der Waals surface area contributed by atoms with Crippen molar-refractivity contribution < 1.29 is 27.8 Å². The predicted molar refractivity (Wildman–Crippen MR) is 83.2 cm³/mol. The van der Waals surface area contributed by atoms with Crippen molar-refractivity contribution in [3.8, 4) is 0 Å². The Kier molecular flexibility index (Phi) is 4.94. The zero-order valence-electron chi connectivity index (χ0n) is 13.7. The number of rotatable bonds is 2. The van der Waals surface area contributed by atoms with Crippen molar-refractivity contribution in [1.82, 2.24) is 4.90 Å². The summed E-state index contributed by atoms with van der Waals surface area (Å²) >= 11 is 0. The SMILES string of the molecule is CC(C)(C)OC(=O)N1CC(c2ccc(C(F)(F)F)cc2)=CC1CO. The summed E-state index contributed by atoms with van der Waals surface area (Å²) in [4.78, 5) is 13.6. The van der Waals surface area contributed by atoms with Gasteiger partial charge >= 0.3 is 12.3 Å². The first-order valence-corrected chi connectivity index (χ1v) is 7.50. The number of nitrogens with zero attached hydrogens (tertiary/aromatic N) is 1. The maximum Gasteiger partial charge on any atom is 0.416 e. The third kappa shape index (κ3) is 4.29. The van der Waals surface area contributed by atoms with Crippen LogP contribution in [0.4, 0.5) is 18.0 Å². The zero-order valence-corrected chi connectivity index (χ0v) is 13.7. The van der Waals surface area contributed by atoms with Crippen LogP contribution >= 0.6 is 0 Å². The fraction of sp³-hybridized carbons (Fsp3) is 0.471. The molecule has 0 spiro atoms. The molecule has 0 saturated heterocycles. The van der Waals surface area contributed by atoms with E-state index < -0.39 is 29.5 Å². The Morgan fingerprint density at radius 2 is 1.83 bits per heavy atom. The molecule has 0 fully saturated rings. The summed E-state index contributed by atoms with van der Waals surface area (Å²) in [6.07, 6.45) is -3.29. The lowest BCUT2D eigenvalue weighted by Gasteiger charge is -2.27. The van der Waals surface area contributed by atoms with E-state index in [-0.39, 0.29) is 13.2 Å². The van der Waals surface area contributed by atoms with Crippen molar-refractivity contribution in [3.63, 3.8) is 0 Å². The molecule has 0 aromatic heterocycles. The molecule has 1 aliphatic heterocycles. The minimum absolute atomic E-state index is 0.172. The standard InChI is InChI=1S/C17H20F3NO3/c1-16(2,3)24-15(23)21-9-12(8-14(21)10-22)11-4-6-13(7-5-11)17(18,19)20/h4-8,14,22H,9-10H2,1-3H3. The van der Waals surface area contributed by atoms with Crippen LogP contribution in [0.1, 0.15) is 31.9 Å². The molecule has 0 radical (unpaired) electrons. The van der Waals surface area contributed by atoms with Crippen molar-refractivity contribution in [2.45, 2.75) is 38.6 Å². The molecule has 24 heavy (non-hydrogen) atoms. The summed E-state index contributed by atoms with van der Waals surface area (Å²) in [7, 11) is 0. The topological polar surface area (TPSA) is 49.8 Å². The van der Waals surface area contributed by atoms with Crippen LogP contribution in [0.15, 0.2) is 30.3 Å². The minimum atomic E-state index is -4.39. The van der Waals surface area contributed by atoms with Crippen LogP contribution in [0.25, 0.3) is 5.57 Å². The maximum absolute atomic E-state index is 12.6. The van der Waals surface area contributed by atoms with Crippen LogP contribution in [-0.4, -0.2) is 40.9 Å². The molecular formula is C17H20F3NO3. The van der Waals surface area contributed by atoms with Crippen LogP contribution in [0.3, 0.4) is 0 Å². The first kappa shape index (κ1) is 18.3. The molecule has 4 nitrogen and oxygen atoms in total. The molecule has 0 saturated carbocycles. The second-order valence-electron chi connectivity index (χ2n) is 6.63. The molecule has 1 N–H and O–H groups in total. The highest BCUT2D eigenvalue weighted by Gasteiger charge is 2.33. The normalized spacial score (nSPS) is 18.5. The maximum atomic E-state index is 12.6. The van der Waals surface area contributed by atoms with Gasteiger partial charge in [0.2, 0.25) is 0 Å². The molecule has 2 rings (SSSR count). The number of hydrogen-bond acceptors (Lipinski definition) is 3. The highest BCUT2D eigenvalue weighted by Crippen LogP contribution is 2.32. The molecule has 1 amide bonds. The molecule has 1 aromatic carbocycles. The molecule has 1 aromatic rings. The van der Waals surface area contributed by atoms with Gasteiger partial charge in [-0.2, -0.15) is 13.2 Å². The van der Waals surface area contributed by atoms with Gasteiger partial charge in [-0.15, -0.1) is 0 Å². The lowest BCUT2D eigenvalue weighted by molar-refractivity contribution is -0.137. The third-order valence-corrected chi connectivity index (χ3v) is 3.53. The van der Waals surface area contributed by atoms with Crippen LogP contribution in [-0.2, 0) is 10.9 Å². The molecule has 1 atom stereocenters. The molecular weight excluding hydrogens is 323 g/mol. The number of aliphatic hydroxyl groups excluding tert-OH is 1. The van der Waals surface area contributed by atoms with Crippen LogP contribution in [0.2, 0.25) is 0 Å². The second kappa shape index (κ2) is 6.47. The van der Waals surface area contributed by atoms with E-state index in [4.69, 9.17) is 4.74 Å². The fourth-order valence-corrected chi connectivity index (χ4v) is 2.41. The van der Waals surface area contributed by atoms with Crippen molar-refractivity contribution in [1.29, 1.82) is 0 Å². The quantitative estimate of drug-likeness (QED) is 0.891. The number of amides is 1. The van der Waals surface area contributed by atoms with Gasteiger partial charge in [-0.25, -0.2) is 4.79 Å². The van der Waals surface area contributed by atoms with Crippen molar-refractivity contribution >= 4 is 11.7 Å². The van der Waals surface area contributed by atoms with Crippen LogP contribution < -0.4 is 0 Å². The summed E-state index contributed by atoms with van der Waals surface area (Å²) in [5, 5.41) is 9.46. The average molecular weight is 343 g/mol. The van der Waals surface area contributed by atoms with E-state index in [0.29, 0.717) is 11.1 Å². The highest BCUT2D eigenvalue weighted by molar-refractivity contribution is 5.78. The van der Waals surface area contributed by atoms with Gasteiger partial charge in [-0.1, -0.05) is 18.2 Å². The summed E-state index contributed by atoms with van der Waals surface area (Å²) in [6.45, 7) is 5.09. The number of alkyl halides is 3. The number of carbonyl (C=O) groups is 1. The Hall–Kier alpha value is -2.02. The Labute approximate surface area is 138 Å². The van der Waals surface area contributed by atoms with Crippen LogP contribution in [0, 0.1) is 0 Å². The van der Waals surface area contributed by atoms with Crippen LogP contribution in [0.5, 0.6) is 0 Å². The molecule has 7 heteroatoms. The Morgan fingerprint density at radius 1 is 1.25 bits per heavy atom. The van der Waals surface area contributed by atoms with Gasteiger partial charge in [0.1, 0.15) is 5.60 Å². The van der Waals surface area contributed by atoms with Gasteiger partial charge in [0.15, 0.2) is 0 Å². The second-order valence-corrected chi connectivity index (χ2v) is 6.63. The first-order chi connectivity index (χ1) is 11.0. The fourth-order valence-electron chi connectivity index (χ4n) is 2.41. The monoisotopic (exact) mass is 343 g/mol. The number of halogens is 3. The molecule has 0 bridgehead atoms. The Bertz CT molecular complexity index is 630. The number of benzene rings is 1. The molecule has 1 aliphatic rings. The highest BCUT2D eigenvalue weighted by atomic mass is 19.4. The largest absolute Gasteiger partial charge is 0.444 e. The average Bonchev–Trinajstić information content (AvgIpc) is 2.89. The zero-order chi connectivity index (χ0) is 18.1. The summed E-state index contributed by atoms with van der Waals surface area (Å²) < 4.78 is 43.2. The summed E-state index contributed by atoms with van der Waals surface area (Å²) in [5.41, 5.74) is -0.150. The summed E-state index contributed by atoms with van der Waals surface area (Å²) in [5.74, 6) is 0. The van der Waals surface area contributed by atoms with E-state index in [1.165, 1.54) is 17.0 Å². The minimum Gasteiger partial charge on any atom is -0.444 e. The van der Waals surface area contributed by atoms with Gasteiger partial charge in [-0.05, 0) is 44.0 Å². The van der Waals surface area contributed by atoms with E-state index >= 15 is 0 Å². The molecule has 132 valence electrons. The van der Waals surface area contributed by atoms with Gasteiger partial charge in [0, 0.05) is 0 Å². The molecule has 0 aliphatic carbocycles. The van der Waals surface area contributed by atoms with Crippen molar-refractivity contribution in [2.75, 3.05) is 13.2 Å². The number of hydrogen-bond donors (Lipinski definition) is 1. The number of carbonyl (C=O) groups excluding carboxylic acids is 1. The Balaban J connectivity index is 2.17. The van der Waals surface area contributed by atoms with Gasteiger partial charge < -0.3 is 9.84 Å². The number of aliphatic hydroxyl groups is 1. The van der Waals surface area contributed by atoms with E-state index in [9.17, 15) is 23.1 Å². The van der Waals surface area contributed by atoms with E-state index in [1.54, 1.807) is 26.8 Å². The van der Waals surface area contributed by atoms with Gasteiger partial charge in [0.05, 0.1) is 24.8 Å². The third-order valence-electron chi connectivity index (χ3n) is 3.53.